The maximum absolute atomic E-state index is 12.2. The minimum absolute atomic E-state index is 0.0128. The Hall–Kier alpha value is -1.33. The van der Waals surface area contributed by atoms with E-state index in [0.29, 0.717) is 0 Å². The third-order valence-corrected chi connectivity index (χ3v) is 5.86. The summed E-state index contributed by atoms with van der Waals surface area (Å²) < 4.78 is 0. The summed E-state index contributed by atoms with van der Waals surface area (Å²) in [4.78, 5) is 16.3. The fourth-order valence-electron chi connectivity index (χ4n) is 2.27. The van der Waals surface area contributed by atoms with E-state index in [1.54, 1.807) is 0 Å². The summed E-state index contributed by atoms with van der Waals surface area (Å²) in [5.74, 6) is 0. The van der Waals surface area contributed by atoms with Gasteiger partial charge in [0, 0.05) is 31.9 Å². The number of nitrogens with zero attached hydrogens (tertiary/aromatic N) is 2. The van der Waals surface area contributed by atoms with Crippen LogP contribution >= 0.6 is 0 Å². The SMILES string of the molecule is CN1CCN(C(=O)Nc2ccc([Si](C)(C)C)cc2)CC1. The Bertz CT molecular complexity index is 459. The second kappa shape index (κ2) is 5.97. The number of anilines is 1. The zero-order valence-electron chi connectivity index (χ0n) is 12.9. The van der Waals surface area contributed by atoms with Crippen molar-refractivity contribution in [2.45, 2.75) is 19.6 Å². The van der Waals surface area contributed by atoms with E-state index in [2.05, 4.69) is 49.0 Å². The number of carbonyl (C=O) groups excluding carboxylic acids is 1. The van der Waals surface area contributed by atoms with Gasteiger partial charge in [-0.05, 0) is 19.2 Å². The van der Waals surface area contributed by atoms with E-state index in [-0.39, 0.29) is 6.03 Å². The molecule has 1 aromatic rings. The molecule has 0 saturated carbocycles. The van der Waals surface area contributed by atoms with Gasteiger partial charge in [-0.2, -0.15) is 0 Å². The minimum Gasteiger partial charge on any atom is -0.322 e. The number of amides is 2. The van der Waals surface area contributed by atoms with Crippen molar-refractivity contribution in [2.75, 3.05) is 38.5 Å². The van der Waals surface area contributed by atoms with Crippen LogP contribution in [0.25, 0.3) is 0 Å². The molecule has 20 heavy (non-hydrogen) atoms. The molecule has 2 rings (SSSR count). The van der Waals surface area contributed by atoms with Crippen LogP contribution in [0, 0.1) is 0 Å². The van der Waals surface area contributed by atoms with E-state index in [9.17, 15) is 4.79 Å². The third kappa shape index (κ3) is 3.83. The Morgan fingerprint density at radius 2 is 1.60 bits per heavy atom. The molecule has 0 atom stereocenters. The van der Waals surface area contributed by atoms with Gasteiger partial charge in [-0.3, -0.25) is 0 Å². The zero-order valence-corrected chi connectivity index (χ0v) is 13.9. The van der Waals surface area contributed by atoms with Crippen LogP contribution in [0.1, 0.15) is 0 Å². The van der Waals surface area contributed by atoms with E-state index in [0.717, 1.165) is 31.9 Å². The second-order valence-electron chi connectivity index (χ2n) is 6.55. The predicted octanol–water partition coefficient (Wildman–Crippen LogP) is 2.01. The van der Waals surface area contributed by atoms with Crippen molar-refractivity contribution >= 4 is 25.0 Å². The first-order valence-electron chi connectivity index (χ1n) is 7.21. The van der Waals surface area contributed by atoms with Gasteiger partial charge in [-0.25, -0.2) is 4.79 Å². The molecule has 1 aliphatic heterocycles. The smallest absolute Gasteiger partial charge is 0.321 e. The minimum atomic E-state index is -1.26. The summed E-state index contributed by atoms with van der Waals surface area (Å²) >= 11 is 0. The fraction of sp³-hybridized carbons (Fsp3) is 0.533. The van der Waals surface area contributed by atoms with Gasteiger partial charge in [-0.15, -0.1) is 0 Å². The molecule has 1 aromatic carbocycles. The second-order valence-corrected chi connectivity index (χ2v) is 11.6. The van der Waals surface area contributed by atoms with Crippen LogP contribution in [-0.2, 0) is 0 Å². The maximum Gasteiger partial charge on any atom is 0.321 e. The Morgan fingerprint density at radius 3 is 2.10 bits per heavy atom. The molecular formula is C15H25N3OSi. The molecule has 1 fully saturated rings. The Kier molecular flexibility index (Phi) is 4.50. The van der Waals surface area contributed by atoms with E-state index in [1.165, 1.54) is 5.19 Å². The monoisotopic (exact) mass is 291 g/mol. The molecule has 0 aromatic heterocycles. The van der Waals surface area contributed by atoms with Gasteiger partial charge in [0.25, 0.3) is 0 Å². The maximum atomic E-state index is 12.2. The molecule has 0 radical (unpaired) electrons. The highest BCUT2D eigenvalue weighted by Gasteiger charge is 2.19. The summed E-state index contributed by atoms with van der Waals surface area (Å²) in [5.41, 5.74) is 0.885. The van der Waals surface area contributed by atoms with E-state index >= 15 is 0 Å². The first-order valence-corrected chi connectivity index (χ1v) is 10.7. The summed E-state index contributed by atoms with van der Waals surface area (Å²) in [6.07, 6.45) is 0. The van der Waals surface area contributed by atoms with Gasteiger partial charge in [0.15, 0.2) is 0 Å². The fourth-order valence-corrected chi connectivity index (χ4v) is 3.43. The van der Waals surface area contributed by atoms with Crippen LogP contribution in [0.15, 0.2) is 24.3 Å². The molecule has 4 nitrogen and oxygen atoms in total. The predicted molar refractivity (Wildman–Crippen MR) is 87.5 cm³/mol. The number of nitrogens with one attached hydrogen (secondary N) is 1. The van der Waals surface area contributed by atoms with Crippen molar-refractivity contribution in [2.24, 2.45) is 0 Å². The van der Waals surface area contributed by atoms with Crippen LogP contribution in [-0.4, -0.2) is 57.1 Å². The summed E-state index contributed by atoms with van der Waals surface area (Å²) in [6, 6.07) is 8.33. The molecule has 0 aliphatic carbocycles. The molecule has 1 aliphatic rings. The van der Waals surface area contributed by atoms with Crippen molar-refractivity contribution in [3.63, 3.8) is 0 Å². The lowest BCUT2D eigenvalue weighted by molar-refractivity contribution is 0.164. The average Bonchev–Trinajstić information content (AvgIpc) is 2.39. The lowest BCUT2D eigenvalue weighted by Crippen LogP contribution is -2.48. The van der Waals surface area contributed by atoms with Crippen molar-refractivity contribution < 1.29 is 4.79 Å². The number of hydrogen-bond donors (Lipinski definition) is 1. The molecule has 0 bridgehead atoms. The summed E-state index contributed by atoms with van der Waals surface area (Å²) in [6.45, 7) is 10.5. The number of urea groups is 1. The first kappa shape index (κ1) is 15.1. The highest BCUT2D eigenvalue weighted by molar-refractivity contribution is 6.88. The highest BCUT2D eigenvalue weighted by atomic mass is 28.3. The van der Waals surface area contributed by atoms with Gasteiger partial charge < -0.3 is 15.1 Å². The molecular weight excluding hydrogens is 266 g/mol. The van der Waals surface area contributed by atoms with E-state index in [4.69, 9.17) is 0 Å². The highest BCUT2D eigenvalue weighted by Crippen LogP contribution is 2.10. The molecule has 2 amide bonds. The quantitative estimate of drug-likeness (QED) is 0.846. The van der Waals surface area contributed by atoms with E-state index in [1.807, 2.05) is 17.0 Å². The lowest BCUT2D eigenvalue weighted by Gasteiger charge is -2.32. The van der Waals surface area contributed by atoms with Crippen LogP contribution < -0.4 is 10.5 Å². The number of piperazine rings is 1. The van der Waals surface area contributed by atoms with Crippen molar-refractivity contribution in [3.05, 3.63) is 24.3 Å². The largest absolute Gasteiger partial charge is 0.322 e. The normalized spacial score (nSPS) is 17.1. The number of likely N-dealkylation sites (N-methyl/N-ethyl adjacent to an activating group) is 1. The van der Waals surface area contributed by atoms with Crippen molar-refractivity contribution in [1.29, 1.82) is 0 Å². The molecule has 1 N–H and O–H groups in total. The topological polar surface area (TPSA) is 35.6 Å². The van der Waals surface area contributed by atoms with Gasteiger partial charge in [0.2, 0.25) is 0 Å². The lowest BCUT2D eigenvalue weighted by atomic mass is 10.3. The van der Waals surface area contributed by atoms with Crippen molar-refractivity contribution in [1.82, 2.24) is 9.80 Å². The Labute approximate surface area is 122 Å². The van der Waals surface area contributed by atoms with Crippen molar-refractivity contribution in [3.8, 4) is 0 Å². The molecule has 0 unspecified atom stereocenters. The first-order chi connectivity index (χ1) is 9.36. The third-order valence-electron chi connectivity index (χ3n) is 3.79. The summed E-state index contributed by atoms with van der Waals surface area (Å²) in [7, 11) is 0.823. The number of benzene rings is 1. The number of rotatable bonds is 2. The molecule has 1 heterocycles. The van der Waals surface area contributed by atoms with Gasteiger partial charge in [-0.1, -0.05) is 37.0 Å². The molecule has 0 spiro atoms. The average molecular weight is 291 g/mol. The number of carbonyl (C=O) groups is 1. The van der Waals surface area contributed by atoms with Crippen LogP contribution in [0.3, 0.4) is 0 Å². The Morgan fingerprint density at radius 1 is 1.05 bits per heavy atom. The molecule has 110 valence electrons. The van der Waals surface area contributed by atoms with Gasteiger partial charge >= 0.3 is 6.03 Å². The van der Waals surface area contributed by atoms with Crippen LogP contribution in [0.5, 0.6) is 0 Å². The zero-order chi connectivity index (χ0) is 14.8. The van der Waals surface area contributed by atoms with Crippen LogP contribution in [0.4, 0.5) is 10.5 Å². The molecule has 1 saturated heterocycles. The van der Waals surface area contributed by atoms with Gasteiger partial charge in [0.1, 0.15) is 0 Å². The standard InChI is InChI=1S/C15H25N3OSi/c1-17-9-11-18(12-10-17)15(19)16-13-5-7-14(8-6-13)20(2,3)4/h5-8H,9-12H2,1-4H3,(H,16,19). The number of hydrogen-bond acceptors (Lipinski definition) is 2. The van der Waals surface area contributed by atoms with E-state index < -0.39 is 8.07 Å². The molecule has 5 heteroatoms. The van der Waals surface area contributed by atoms with Gasteiger partial charge in [0.05, 0.1) is 8.07 Å². The Balaban J connectivity index is 1.94. The summed E-state index contributed by atoms with van der Waals surface area (Å²) in [5, 5.41) is 4.40. The van der Waals surface area contributed by atoms with Crippen LogP contribution in [0.2, 0.25) is 19.6 Å².